The summed E-state index contributed by atoms with van der Waals surface area (Å²) in [4.78, 5) is 0. The second-order valence-electron chi connectivity index (χ2n) is 6.80. The van der Waals surface area contributed by atoms with Crippen LogP contribution in [0.3, 0.4) is 0 Å². The zero-order valence-electron chi connectivity index (χ0n) is 14.5. The van der Waals surface area contributed by atoms with Gasteiger partial charge in [-0.2, -0.15) is 5.10 Å². The summed E-state index contributed by atoms with van der Waals surface area (Å²) in [5.41, 5.74) is 3.58. The van der Waals surface area contributed by atoms with E-state index in [9.17, 15) is 0 Å². The molecule has 0 aliphatic heterocycles. The third kappa shape index (κ3) is 3.83. The zero-order chi connectivity index (χ0) is 16.2. The largest absolute Gasteiger partial charge is 0.361 e. The Bertz CT molecular complexity index is 631. The highest BCUT2D eigenvalue weighted by molar-refractivity contribution is 5.16. The van der Waals surface area contributed by atoms with E-state index in [2.05, 4.69) is 40.2 Å². The van der Waals surface area contributed by atoms with Gasteiger partial charge >= 0.3 is 0 Å². The van der Waals surface area contributed by atoms with Crippen molar-refractivity contribution in [2.24, 2.45) is 5.92 Å². The van der Waals surface area contributed by atoms with Crippen LogP contribution in [-0.2, 0) is 19.5 Å². The van der Waals surface area contributed by atoms with Crippen molar-refractivity contribution in [3.05, 3.63) is 35.0 Å². The molecule has 2 atom stereocenters. The van der Waals surface area contributed by atoms with Crippen molar-refractivity contribution in [2.75, 3.05) is 0 Å². The third-order valence-electron chi connectivity index (χ3n) is 4.99. The van der Waals surface area contributed by atoms with Gasteiger partial charge in [-0.15, -0.1) is 0 Å². The first kappa shape index (κ1) is 16.2. The summed E-state index contributed by atoms with van der Waals surface area (Å²) in [6, 6.07) is 2.63. The van der Waals surface area contributed by atoms with Crippen molar-refractivity contribution in [1.82, 2.24) is 20.3 Å². The van der Waals surface area contributed by atoms with E-state index in [1.54, 1.807) is 0 Å². The highest BCUT2D eigenvalue weighted by atomic mass is 16.5. The number of nitrogens with zero attached hydrogens (tertiary/aromatic N) is 3. The van der Waals surface area contributed by atoms with E-state index in [4.69, 9.17) is 4.52 Å². The maximum absolute atomic E-state index is 5.40. The topological polar surface area (TPSA) is 55.9 Å². The fourth-order valence-corrected chi connectivity index (χ4v) is 3.66. The van der Waals surface area contributed by atoms with Crippen LogP contribution in [0.25, 0.3) is 0 Å². The van der Waals surface area contributed by atoms with Gasteiger partial charge in [-0.3, -0.25) is 4.68 Å². The van der Waals surface area contributed by atoms with Gasteiger partial charge in [-0.1, -0.05) is 18.5 Å². The summed E-state index contributed by atoms with van der Waals surface area (Å²) in [6.45, 7) is 8.25. The molecule has 0 amide bonds. The van der Waals surface area contributed by atoms with E-state index in [0.717, 1.165) is 37.4 Å². The lowest BCUT2D eigenvalue weighted by Gasteiger charge is -2.20. The van der Waals surface area contributed by atoms with Crippen LogP contribution in [-0.4, -0.2) is 21.0 Å². The van der Waals surface area contributed by atoms with Crippen LogP contribution >= 0.6 is 0 Å². The lowest BCUT2D eigenvalue weighted by Crippen LogP contribution is -2.33. The maximum Gasteiger partial charge on any atom is 0.137 e. The second kappa shape index (κ2) is 7.30. The monoisotopic (exact) mass is 316 g/mol. The number of hydrogen-bond acceptors (Lipinski definition) is 4. The standard InChI is InChI=1S/C18H28N4O/c1-4-8-22-14(3)16(12-20-22)11-19-18-7-5-6-15(18)10-17-9-13(2)21-23-17/h9,12,15,18-19H,4-8,10-11H2,1-3H3/t15-,18+/m0/s1. The number of aromatic nitrogens is 3. The van der Waals surface area contributed by atoms with Crippen LogP contribution in [0.5, 0.6) is 0 Å². The van der Waals surface area contributed by atoms with Gasteiger partial charge in [-0.25, -0.2) is 0 Å². The molecule has 2 aromatic heterocycles. The molecule has 1 fully saturated rings. The summed E-state index contributed by atoms with van der Waals surface area (Å²) < 4.78 is 7.51. The van der Waals surface area contributed by atoms with E-state index < -0.39 is 0 Å². The van der Waals surface area contributed by atoms with Crippen LogP contribution < -0.4 is 5.32 Å². The lowest BCUT2D eigenvalue weighted by atomic mass is 9.97. The normalized spacial score (nSPS) is 21.2. The molecule has 0 unspecified atom stereocenters. The molecule has 0 radical (unpaired) electrons. The Morgan fingerprint density at radius 2 is 2.22 bits per heavy atom. The smallest absolute Gasteiger partial charge is 0.137 e. The molecule has 1 N–H and O–H groups in total. The van der Waals surface area contributed by atoms with E-state index in [-0.39, 0.29) is 0 Å². The SMILES string of the molecule is CCCn1ncc(CN[C@@H]2CCC[C@H]2Cc2cc(C)no2)c1C. The van der Waals surface area contributed by atoms with Crippen LogP contribution in [0.1, 0.15) is 55.3 Å². The van der Waals surface area contributed by atoms with E-state index >= 15 is 0 Å². The third-order valence-corrected chi connectivity index (χ3v) is 4.99. The van der Waals surface area contributed by atoms with Crippen molar-refractivity contribution in [3.63, 3.8) is 0 Å². The molecule has 0 bridgehead atoms. The average Bonchev–Trinajstić information content (AvgIpc) is 3.22. The molecule has 2 heterocycles. The first-order valence-corrected chi connectivity index (χ1v) is 8.84. The molecule has 5 heteroatoms. The number of hydrogen-bond donors (Lipinski definition) is 1. The highest BCUT2D eigenvalue weighted by Crippen LogP contribution is 2.29. The molecule has 23 heavy (non-hydrogen) atoms. The van der Waals surface area contributed by atoms with Gasteiger partial charge in [0, 0.05) is 42.9 Å². The minimum absolute atomic E-state index is 0.564. The molecular formula is C18H28N4O. The molecule has 5 nitrogen and oxygen atoms in total. The van der Waals surface area contributed by atoms with Crippen molar-refractivity contribution in [3.8, 4) is 0 Å². The fraction of sp³-hybridized carbons (Fsp3) is 0.667. The van der Waals surface area contributed by atoms with Crippen LogP contribution in [0.2, 0.25) is 0 Å². The minimum atomic E-state index is 0.564. The summed E-state index contributed by atoms with van der Waals surface area (Å²) in [6.07, 6.45) is 7.94. The van der Waals surface area contributed by atoms with Crippen molar-refractivity contribution in [1.29, 1.82) is 0 Å². The van der Waals surface area contributed by atoms with Gasteiger partial charge in [0.05, 0.1) is 11.9 Å². The Kier molecular flexibility index (Phi) is 5.16. The average molecular weight is 316 g/mol. The molecule has 1 aliphatic carbocycles. The molecule has 0 spiro atoms. The van der Waals surface area contributed by atoms with Gasteiger partial charge in [0.15, 0.2) is 0 Å². The van der Waals surface area contributed by atoms with Crippen LogP contribution in [0, 0.1) is 19.8 Å². The fourth-order valence-electron chi connectivity index (χ4n) is 3.66. The van der Waals surface area contributed by atoms with Crippen LogP contribution in [0.4, 0.5) is 0 Å². The van der Waals surface area contributed by atoms with E-state index in [1.165, 1.54) is 30.5 Å². The summed E-state index contributed by atoms with van der Waals surface area (Å²) in [5.74, 6) is 1.67. The first-order valence-electron chi connectivity index (χ1n) is 8.84. The van der Waals surface area contributed by atoms with E-state index in [0.29, 0.717) is 12.0 Å². The molecule has 3 rings (SSSR count). The number of rotatable bonds is 7. The Balaban J connectivity index is 1.56. The molecule has 2 aromatic rings. The Hall–Kier alpha value is -1.62. The molecule has 0 aromatic carbocycles. The maximum atomic E-state index is 5.40. The molecule has 126 valence electrons. The Labute approximate surface area is 138 Å². The molecule has 0 saturated heterocycles. The van der Waals surface area contributed by atoms with Gasteiger partial charge in [0.1, 0.15) is 5.76 Å². The van der Waals surface area contributed by atoms with Crippen molar-refractivity contribution >= 4 is 0 Å². The molecule has 1 saturated carbocycles. The van der Waals surface area contributed by atoms with Gasteiger partial charge in [0.2, 0.25) is 0 Å². The summed E-state index contributed by atoms with van der Waals surface area (Å²) in [5, 5.41) is 12.3. The van der Waals surface area contributed by atoms with E-state index in [1.807, 2.05) is 13.1 Å². The van der Waals surface area contributed by atoms with Gasteiger partial charge < -0.3 is 9.84 Å². The van der Waals surface area contributed by atoms with Crippen molar-refractivity contribution in [2.45, 2.75) is 72.0 Å². The summed E-state index contributed by atoms with van der Waals surface area (Å²) >= 11 is 0. The summed E-state index contributed by atoms with van der Waals surface area (Å²) in [7, 11) is 0. The molecule has 1 aliphatic rings. The number of nitrogens with one attached hydrogen (secondary N) is 1. The first-order chi connectivity index (χ1) is 11.2. The minimum Gasteiger partial charge on any atom is -0.361 e. The molecular weight excluding hydrogens is 288 g/mol. The second-order valence-corrected chi connectivity index (χ2v) is 6.80. The van der Waals surface area contributed by atoms with Crippen molar-refractivity contribution < 1.29 is 4.52 Å². The van der Waals surface area contributed by atoms with Crippen LogP contribution in [0.15, 0.2) is 16.8 Å². The number of aryl methyl sites for hydroxylation is 2. The Morgan fingerprint density at radius 3 is 2.96 bits per heavy atom. The predicted octanol–water partition coefficient (Wildman–Crippen LogP) is 3.40. The lowest BCUT2D eigenvalue weighted by molar-refractivity contribution is 0.329. The van der Waals surface area contributed by atoms with Gasteiger partial charge in [-0.05, 0) is 39.0 Å². The quantitative estimate of drug-likeness (QED) is 0.850. The predicted molar refractivity (Wildman–Crippen MR) is 90.2 cm³/mol. The highest BCUT2D eigenvalue weighted by Gasteiger charge is 2.28. The Morgan fingerprint density at radius 1 is 1.35 bits per heavy atom. The zero-order valence-corrected chi connectivity index (χ0v) is 14.5. The van der Waals surface area contributed by atoms with Gasteiger partial charge in [0.25, 0.3) is 0 Å².